The molecule has 0 aliphatic rings. The zero-order chi connectivity index (χ0) is 16.7. The molecular weight excluding hydrogens is 292 g/mol. The second-order valence-corrected chi connectivity index (χ2v) is 5.32. The summed E-state index contributed by atoms with van der Waals surface area (Å²) >= 11 is 0. The summed E-state index contributed by atoms with van der Waals surface area (Å²) in [5.74, 6) is 0.897. The first-order chi connectivity index (χ1) is 11.1. The van der Waals surface area contributed by atoms with E-state index in [9.17, 15) is 4.79 Å². The molecule has 0 saturated heterocycles. The Labute approximate surface area is 136 Å². The lowest BCUT2D eigenvalue weighted by molar-refractivity contribution is -0.121. The predicted molar refractivity (Wildman–Crippen MR) is 89.2 cm³/mol. The quantitative estimate of drug-likeness (QED) is 0.778. The molecule has 0 unspecified atom stereocenters. The van der Waals surface area contributed by atoms with Gasteiger partial charge in [0.1, 0.15) is 18.1 Å². The monoisotopic (exact) mass is 314 g/mol. The Morgan fingerprint density at radius 2 is 1.57 bits per heavy atom. The fourth-order valence-electron chi connectivity index (χ4n) is 2.19. The summed E-state index contributed by atoms with van der Waals surface area (Å²) in [4.78, 5) is 11.2. The van der Waals surface area contributed by atoms with Crippen LogP contribution in [-0.2, 0) is 17.8 Å². The van der Waals surface area contributed by atoms with Crippen LogP contribution in [0.5, 0.6) is 11.5 Å². The zero-order valence-electron chi connectivity index (χ0n) is 13.2. The molecule has 0 bridgehead atoms. The largest absolute Gasteiger partial charge is 0.497 e. The number of rotatable bonds is 8. The third-order valence-electron chi connectivity index (χ3n) is 3.66. The lowest BCUT2D eigenvalue weighted by Crippen LogP contribution is -2.31. The van der Waals surface area contributed by atoms with E-state index >= 15 is 0 Å². The van der Waals surface area contributed by atoms with Crippen LogP contribution in [0.15, 0.2) is 48.5 Å². The Morgan fingerprint density at radius 1 is 1.00 bits per heavy atom. The van der Waals surface area contributed by atoms with E-state index < -0.39 is 0 Å². The van der Waals surface area contributed by atoms with Gasteiger partial charge in [-0.25, -0.2) is 0 Å². The number of benzene rings is 2. The highest BCUT2D eigenvalue weighted by molar-refractivity contribution is 5.77. The molecule has 5 nitrogen and oxygen atoms in total. The first-order valence-electron chi connectivity index (χ1n) is 7.46. The van der Waals surface area contributed by atoms with Crippen molar-refractivity contribution in [3.8, 4) is 11.5 Å². The number of primary amides is 1. The first kappa shape index (κ1) is 16.8. The number of ether oxygens (including phenoxy) is 2. The van der Waals surface area contributed by atoms with Crippen LogP contribution in [-0.4, -0.2) is 19.6 Å². The Kier molecular flexibility index (Phi) is 6.00. The van der Waals surface area contributed by atoms with Crippen molar-refractivity contribution in [3.05, 3.63) is 59.7 Å². The minimum Gasteiger partial charge on any atom is -0.497 e. The fourth-order valence-corrected chi connectivity index (χ4v) is 2.19. The Morgan fingerprint density at radius 3 is 2.09 bits per heavy atom. The van der Waals surface area contributed by atoms with Gasteiger partial charge >= 0.3 is 0 Å². The molecule has 2 aromatic carbocycles. The average Bonchev–Trinajstić information content (AvgIpc) is 2.59. The van der Waals surface area contributed by atoms with Crippen LogP contribution >= 0.6 is 0 Å². The van der Waals surface area contributed by atoms with E-state index in [-0.39, 0.29) is 18.4 Å². The van der Waals surface area contributed by atoms with E-state index in [0.717, 1.165) is 22.6 Å². The molecule has 4 N–H and O–H groups in total. The number of methoxy groups -OCH3 is 1. The van der Waals surface area contributed by atoms with Crippen molar-refractivity contribution in [3.63, 3.8) is 0 Å². The van der Waals surface area contributed by atoms with Gasteiger partial charge in [-0.3, -0.25) is 4.79 Å². The molecule has 0 aliphatic heterocycles. The minimum atomic E-state index is -0.362. The van der Waals surface area contributed by atoms with Crippen LogP contribution in [0.4, 0.5) is 0 Å². The first-order valence-corrected chi connectivity index (χ1v) is 7.46. The van der Waals surface area contributed by atoms with Gasteiger partial charge in [0, 0.05) is 6.54 Å². The van der Waals surface area contributed by atoms with Gasteiger partial charge in [-0.15, -0.1) is 0 Å². The molecule has 2 rings (SSSR count). The zero-order valence-corrected chi connectivity index (χ0v) is 13.2. The molecule has 23 heavy (non-hydrogen) atoms. The van der Waals surface area contributed by atoms with Crippen molar-refractivity contribution in [1.29, 1.82) is 0 Å². The Balaban J connectivity index is 1.90. The van der Waals surface area contributed by atoms with Crippen LogP contribution in [0.1, 0.15) is 11.1 Å². The second-order valence-electron chi connectivity index (χ2n) is 5.32. The highest BCUT2D eigenvalue weighted by Crippen LogP contribution is 2.18. The van der Waals surface area contributed by atoms with Gasteiger partial charge in [0.05, 0.1) is 13.0 Å². The topological polar surface area (TPSA) is 87.6 Å². The lowest BCUT2D eigenvalue weighted by Gasteiger charge is -2.11. The van der Waals surface area contributed by atoms with E-state index in [1.165, 1.54) is 0 Å². The second kappa shape index (κ2) is 8.19. The van der Waals surface area contributed by atoms with Gasteiger partial charge in [0.25, 0.3) is 0 Å². The highest BCUT2D eigenvalue weighted by atomic mass is 16.5. The summed E-state index contributed by atoms with van der Waals surface area (Å²) < 4.78 is 10.8. The summed E-state index contributed by atoms with van der Waals surface area (Å²) in [6.45, 7) is 0.737. The number of amides is 1. The van der Waals surface area contributed by atoms with E-state index in [1.807, 2.05) is 48.5 Å². The van der Waals surface area contributed by atoms with Crippen molar-refractivity contribution in [1.82, 2.24) is 0 Å². The molecule has 0 saturated carbocycles. The van der Waals surface area contributed by atoms with Gasteiger partial charge in [0.2, 0.25) is 5.91 Å². The maximum absolute atomic E-state index is 11.2. The summed E-state index contributed by atoms with van der Waals surface area (Å²) in [6, 6.07) is 15.3. The third-order valence-corrected chi connectivity index (χ3v) is 3.66. The Bertz CT molecular complexity index is 624. The number of carbonyl (C=O) groups excluding carboxylic acids is 1. The van der Waals surface area contributed by atoms with Crippen LogP contribution in [0.2, 0.25) is 0 Å². The normalized spacial score (nSPS) is 11.7. The highest BCUT2D eigenvalue weighted by Gasteiger charge is 2.13. The maximum atomic E-state index is 11.2. The van der Waals surface area contributed by atoms with Crippen molar-refractivity contribution < 1.29 is 14.3 Å². The number of nitrogens with two attached hydrogens (primary N) is 2. The number of carbonyl (C=O) groups is 1. The van der Waals surface area contributed by atoms with Gasteiger partial charge < -0.3 is 20.9 Å². The van der Waals surface area contributed by atoms with Crippen LogP contribution in [0, 0.1) is 5.92 Å². The van der Waals surface area contributed by atoms with E-state index in [0.29, 0.717) is 13.0 Å². The molecule has 0 radical (unpaired) electrons. The van der Waals surface area contributed by atoms with Crippen molar-refractivity contribution >= 4 is 5.91 Å². The molecule has 1 amide bonds. The van der Waals surface area contributed by atoms with Gasteiger partial charge in [-0.1, -0.05) is 24.3 Å². The van der Waals surface area contributed by atoms with Gasteiger partial charge in [-0.2, -0.15) is 0 Å². The molecule has 122 valence electrons. The molecule has 1 atom stereocenters. The van der Waals surface area contributed by atoms with Gasteiger partial charge in [-0.05, 0) is 41.8 Å². The number of hydrogen-bond donors (Lipinski definition) is 2. The molecule has 5 heteroatoms. The van der Waals surface area contributed by atoms with Crippen LogP contribution in [0.3, 0.4) is 0 Å². The van der Waals surface area contributed by atoms with Crippen molar-refractivity contribution in [2.75, 3.05) is 13.7 Å². The molecule has 0 spiro atoms. The van der Waals surface area contributed by atoms with Crippen LogP contribution < -0.4 is 20.9 Å². The summed E-state index contributed by atoms with van der Waals surface area (Å²) in [7, 11) is 1.63. The third kappa shape index (κ3) is 5.00. The fraction of sp³-hybridized carbons (Fsp3) is 0.278. The SMILES string of the molecule is COc1ccc(OCc2ccc(C[C@@H](CN)C(N)=O)cc2)cc1. The van der Waals surface area contributed by atoms with Crippen LogP contribution in [0.25, 0.3) is 0 Å². The van der Waals surface area contributed by atoms with E-state index in [2.05, 4.69) is 0 Å². The molecule has 0 aliphatic carbocycles. The molecule has 0 aromatic heterocycles. The average molecular weight is 314 g/mol. The van der Waals surface area contributed by atoms with Crippen molar-refractivity contribution in [2.45, 2.75) is 13.0 Å². The molecule has 0 heterocycles. The minimum absolute atomic E-state index is 0.262. The molecule has 0 fully saturated rings. The predicted octanol–water partition coefficient (Wildman–Crippen LogP) is 1.88. The molecule has 2 aromatic rings. The Hall–Kier alpha value is -2.53. The van der Waals surface area contributed by atoms with Gasteiger partial charge in [0.15, 0.2) is 0 Å². The standard InChI is InChI=1S/C18H22N2O3/c1-22-16-6-8-17(9-7-16)23-12-14-4-2-13(3-5-14)10-15(11-19)18(20)21/h2-9,15H,10-12,19H2,1H3,(H2,20,21)/t15-/m0/s1. The lowest BCUT2D eigenvalue weighted by atomic mass is 9.98. The summed E-state index contributed by atoms with van der Waals surface area (Å²) in [5, 5.41) is 0. The summed E-state index contributed by atoms with van der Waals surface area (Å²) in [5.41, 5.74) is 12.9. The van der Waals surface area contributed by atoms with Crippen molar-refractivity contribution in [2.24, 2.45) is 17.4 Å². The smallest absolute Gasteiger partial charge is 0.222 e. The number of hydrogen-bond acceptors (Lipinski definition) is 4. The van der Waals surface area contributed by atoms with E-state index in [1.54, 1.807) is 7.11 Å². The summed E-state index contributed by atoms with van der Waals surface area (Å²) in [6.07, 6.45) is 0.561. The maximum Gasteiger partial charge on any atom is 0.222 e. The van der Waals surface area contributed by atoms with E-state index in [4.69, 9.17) is 20.9 Å². The molecular formula is C18H22N2O3.